The molecule has 3 aromatic carbocycles. The van der Waals surface area contributed by atoms with Gasteiger partial charge < -0.3 is 4.74 Å². The van der Waals surface area contributed by atoms with E-state index >= 15 is 0 Å². The first-order valence-electron chi connectivity index (χ1n) is 9.46. The average molecular weight is 498 g/mol. The van der Waals surface area contributed by atoms with E-state index < -0.39 is 0 Å². The molecule has 3 aromatic rings. The molecule has 1 saturated heterocycles. The van der Waals surface area contributed by atoms with Crippen molar-refractivity contribution in [1.29, 1.82) is 0 Å². The molecule has 1 aliphatic heterocycles. The smallest absolute Gasteiger partial charge is 0.293 e. The Labute approximate surface area is 191 Å². The average Bonchev–Trinajstić information content (AvgIpc) is 3.03. The van der Waals surface area contributed by atoms with Crippen LogP contribution in [0.5, 0.6) is 5.75 Å². The number of carbonyl (C=O) groups is 2. The van der Waals surface area contributed by atoms with Gasteiger partial charge in [0.1, 0.15) is 18.2 Å². The second-order valence-electron chi connectivity index (χ2n) is 6.86. The first-order valence-corrected chi connectivity index (χ1v) is 11.1. The minimum Gasteiger partial charge on any atom is -0.488 e. The third-order valence-electron chi connectivity index (χ3n) is 4.62. The van der Waals surface area contributed by atoms with Crippen molar-refractivity contribution in [3.8, 4) is 5.75 Å². The SMILES string of the molecule is O=C1S/C(=C\c2ccc(OCc3ccccc3)c(Br)c2)C(=O)N1Cc1ccc(F)cc1. The van der Waals surface area contributed by atoms with Gasteiger partial charge in [0, 0.05) is 0 Å². The van der Waals surface area contributed by atoms with E-state index in [4.69, 9.17) is 4.74 Å². The Bertz CT molecular complexity index is 1150. The number of imide groups is 1. The van der Waals surface area contributed by atoms with E-state index in [0.717, 1.165) is 32.3 Å². The van der Waals surface area contributed by atoms with Crippen molar-refractivity contribution in [3.63, 3.8) is 0 Å². The normalized spacial score (nSPS) is 15.0. The van der Waals surface area contributed by atoms with Crippen LogP contribution in [-0.4, -0.2) is 16.0 Å². The molecule has 1 fully saturated rings. The standard InChI is InChI=1S/C24H17BrFNO3S/c25-20-12-18(8-11-21(20)30-15-17-4-2-1-3-5-17)13-22-23(28)27(24(29)31-22)14-16-6-9-19(26)10-7-16/h1-13H,14-15H2/b22-13-. The van der Waals surface area contributed by atoms with E-state index in [9.17, 15) is 14.0 Å². The Balaban J connectivity index is 1.45. The lowest BCUT2D eigenvalue weighted by Crippen LogP contribution is -2.27. The summed E-state index contributed by atoms with van der Waals surface area (Å²) in [4.78, 5) is 26.5. The highest BCUT2D eigenvalue weighted by Crippen LogP contribution is 2.35. The van der Waals surface area contributed by atoms with E-state index in [2.05, 4.69) is 15.9 Å². The van der Waals surface area contributed by atoms with E-state index in [1.165, 1.54) is 12.1 Å². The first-order chi connectivity index (χ1) is 15.0. The fourth-order valence-corrected chi connectivity index (χ4v) is 4.37. The van der Waals surface area contributed by atoms with Crippen LogP contribution < -0.4 is 4.74 Å². The van der Waals surface area contributed by atoms with Gasteiger partial charge in [-0.05, 0) is 74.7 Å². The molecule has 0 radical (unpaired) electrons. The number of hydrogen-bond donors (Lipinski definition) is 0. The Kier molecular flexibility index (Phi) is 6.53. The summed E-state index contributed by atoms with van der Waals surface area (Å²) < 4.78 is 19.7. The summed E-state index contributed by atoms with van der Waals surface area (Å²) in [6, 6.07) is 21.1. The van der Waals surface area contributed by atoms with Crippen LogP contribution in [0.2, 0.25) is 0 Å². The highest BCUT2D eigenvalue weighted by Gasteiger charge is 2.35. The Morgan fingerprint density at radius 3 is 2.42 bits per heavy atom. The molecule has 0 N–H and O–H groups in total. The number of nitrogens with zero attached hydrogens (tertiary/aromatic N) is 1. The highest BCUT2D eigenvalue weighted by molar-refractivity contribution is 9.10. The largest absolute Gasteiger partial charge is 0.488 e. The topological polar surface area (TPSA) is 46.6 Å². The van der Waals surface area contributed by atoms with Crippen molar-refractivity contribution in [3.05, 3.63) is 105 Å². The van der Waals surface area contributed by atoms with Crippen LogP contribution in [0.1, 0.15) is 16.7 Å². The molecule has 0 spiro atoms. The predicted octanol–water partition coefficient (Wildman–Crippen LogP) is 6.40. The lowest BCUT2D eigenvalue weighted by atomic mass is 10.2. The van der Waals surface area contributed by atoms with Crippen LogP contribution in [0.4, 0.5) is 9.18 Å². The van der Waals surface area contributed by atoms with Crippen LogP contribution >= 0.6 is 27.7 Å². The molecule has 0 atom stereocenters. The van der Waals surface area contributed by atoms with Crippen LogP contribution in [-0.2, 0) is 17.9 Å². The monoisotopic (exact) mass is 497 g/mol. The molecule has 0 bridgehead atoms. The van der Waals surface area contributed by atoms with E-state index in [1.54, 1.807) is 18.2 Å². The fraction of sp³-hybridized carbons (Fsp3) is 0.0833. The summed E-state index contributed by atoms with van der Waals surface area (Å²) in [6.07, 6.45) is 1.68. The molecule has 1 aliphatic rings. The van der Waals surface area contributed by atoms with E-state index in [0.29, 0.717) is 22.8 Å². The van der Waals surface area contributed by atoms with Crippen molar-refractivity contribution >= 4 is 44.9 Å². The second kappa shape index (κ2) is 9.49. The van der Waals surface area contributed by atoms with Crippen LogP contribution in [0.25, 0.3) is 6.08 Å². The number of amides is 2. The fourth-order valence-electron chi connectivity index (χ4n) is 3.02. The molecule has 0 unspecified atom stereocenters. The van der Waals surface area contributed by atoms with Gasteiger partial charge in [0.05, 0.1) is 15.9 Å². The first kappa shape index (κ1) is 21.3. The molecule has 2 amide bonds. The maximum absolute atomic E-state index is 13.1. The Hall–Kier alpha value is -2.90. The second-order valence-corrected chi connectivity index (χ2v) is 8.71. The molecule has 31 heavy (non-hydrogen) atoms. The Morgan fingerprint density at radius 1 is 0.968 bits per heavy atom. The summed E-state index contributed by atoms with van der Waals surface area (Å²) >= 11 is 4.40. The minimum atomic E-state index is -0.362. The summed E-state index contributed by atoms with van der Waals surface area (Å²) in [7, 11) is 0. The summed E-state index contributed by atoms with van der Waals surface area (Å²) in [6.45, 7) is 0.555. The quantitative estimate of drug-likeness (QED) is 0.369. The third-order valence-corrected chi connectivity index (χ3v) is 6.15. The minimum absolute atomic E-state index is 0.109. The van der Waals surface area contributed by atoms with Crippen LogP contribution in [0, 0.1) is 5.82 Å². The number of benzene rings is 3. The molecule has 0 aliphatic carbocycles. The number of halogens is 2. The maximum atomic E-state index is 13.1. The Morgan fingerprint density at radius 2 is 1.71 bits per heavy atom. The lowest BCUT2D eigenvalue weighted by molar-refractivity contribution is -0.123. The zero-order valence-corrected chi connectivity index (χ0v) is 18.7. The maximum Gasteiger partial charge on any atom is 0.293 e. The molecule has 0 saturated carbocycles. The molecule has 0 aromatic heterocycles. The van der Waals surface area contributed by atoms with Crippen molar-refractivity contribution in [1.82, 2.24) is 4.90 Å². The molecular formula is C24H17BrFNO3S. The van der Waals surface area contributed by atoms with Gasteiger partial charge in [0.25, 0.3) is 11.1 Å². The number of hydrogen-bond acceptors (Lipinski definition) is 4. The van der Waals surface area contributed by atoms with Crippen molar-refractivity contribution < 1.29 is 18.7 Å². The van der Waals surface area contributed by atoms with E-state index in [1.807, 2.05) is 48.5 Å². The number of thioether (sulfide) groups is 1. The van der Waals surface area contributed by atoms with Gasteiger partial charge in [-0.1, -0.05) is 48.5 Å². The zero-order chi connectivity index (χ0) is 21.8. The molecular weight excluding hydrogens is 481 g/mol. The van der Waals surface area contributed by atoms with Gasteiger partial charge in [-0.3, -0.25) is 14.5 Å². The van der Waals surface area contributed by atoms with Gasteiger partial charge in [-0.2, -0.15) is 0 Å². The van der Waals surface area contributed by atoms with Crippen LogP contribution in [0.15, 0.2) is 82.2 Å². The predicted molar refractivity (Wildman–Crippen MR) is 123 cm³/mol. The van der Waals surface area contributed by atoms with Gasteiger partial charge >= 0.3 is 0 Å². The van der Waals surface area contributed by atoms with E-state index in [-0.39, 0.29) is 23.5 Å². The molecule has 156 valence electrons. The number of ether oxygens (including phenoxy) is 1. The van der Waals surface area contributed by atoms with Gasteiger partial charge in [-0.15, -0.1) is 0 Å². The molecule has 1 heterocycles. The van der Waals surface area contributed by atoms with Crippen molar-refractivity contribution in [2.24, 2.45) is 0 Å². The summed E-state index contributed by atoms with van der Waals surface area (Å²) in [5.74, 6) is -0.0372. The van der Waals surface area contributed by atoms with Gasteiger partial charge in [0.2, 0.25) is 0 Å². The van der Waals surface area contributed by atoms with Crippen molar-refractivity contribution in [2.45, 2.75) is 13.2 Å². The third kappa shape index (κ3) is 5.24. The van der Waals surface area contributed by atoms with Gasteiger partial charge in [0.15, 0.2) is 0 Å². The van der Waals surface area contributed by atoms with Crippen molar-refractivity contribution in [2.75, 3.05) is 0 Å². The molecule has 4 nitrogen and oxygen atoms in total. The van der Waals surface area contributed by atoms with Gasteiger partial charge in [-0.25, -0.2) is 4.39 Å². The van der Waals surface area contributed by atoms with Crippen LogP contribution in [0.3, 0.4) is 0 Å². The molecule has 4 rings (SSSR count). The number of rotatable bonds is 6. The summed E-state index contributed by atoms with van der Waals surface area (Å²) in [5.41, 5.74) is 2.52. The summed E-state index contributed by atoms with van der Waals surface area (Å²) in [5, 5.41) is -0.345. The zero-order valence-electron chi connectivity index (χ0n) is 16.3. The number of carbonyl (C=O) groups excluding carboxylic acids is 2. The highest BCUT2D eigenvalue weighted by atomic mass is 79.9. The molecule has 7 heteroatoms. The lowest BCUT2D eigenvalue weighted by Gasteiger charge is -2.12.